The molecule has 0 radical (unpaired) electrons. The number of rotatable bonds is 8. The number of ether oxygens (including phenoxy) is 1. The lowest BCUT2D eigenvalue weighted by Crippen LogP contribution is -2.62. The highest BCUT2D eigenvalue weighted by Crippen LogP contribution is 2.65. The van der Waals surface area contributed by atoms with E-state index in [9.17, 15) is 22.8 Å². The fourth-order valence-corrected chi connectivity index (χ4v) is 7.30. The number of likely N-dealkylation sites (tertiary alicyclic amines) is 1. The Bertz CT molecular complexity index is 1010. The number of amides is 3. The normalized spacial score (nSPS) is 25.6. The third-order valence-corrected chi connectivity index (χ3v) is 10.9. The van der Waals surface area contributed by atoms with Crippen LogP contribution in [-0.2, 0) is 24.2 Å². The monoisotopic (exact) mass is 543 g/mol. The summed E-state index contributed by atoms with van der Waals surface area (Å²) < 4.78 is 30.1. The van der Waals surface area contributed by atoms with Crippen molar-refractivity contribution in [1.82, 2.24) is 15.5 Å². The predicted molar refractivity (Wildman–Crippen MR) is 145 cm³/mol. The van der Waals surface area contributed by atoms with E-state index in [1.165, 1.54) is 7.11 Å². The molecule has 1 saturated heterocycles. The van der Waals surface area contributed by atoms with Crippen molar-refractivity contribution in [2.45, 2.75) is 105 Å². The van der Waals surface area contributed by atoms with E-state index < -0.39 is 49.6 Å². The van der Waals surface area contributed by atoms with E-state index in [1.54, 1.807) is 32.6 Å². The number of methoxy groups -OCH3 is 1. The number of carbonyl (C=O) groups is 3. The quantitative estimate of drug-likeness (QED) is 0.453. The summed E-state index contributed by atoms with van der Waals surface area (Å²) in [6, 6.07) is -2.22. The van der Waals surface area contributed by atoms with Gasteiger partial charge in [-0.1, -0.05) is 48.5 Å². The molecule has 1 aliphatic heterocycles. The molecule has 5 atom stereocenters. The number of hydrogen-bond donors (Lipinski definition) is 2. The number of urea groups is 1. The van der Waals surface area contributed by atoms with E-state index >= 15 is 0 Å². The number of nitrogens with one attached hydrogen (secondary N) is 2. The van der Waals surface area contributed by atoms with Crippen LogP contribution < -0.4 is 10.6 Å². The molecule has 2 N–H and O–H groups in total. The second kappa shape index (κ2) is 10.0. The summed E-state index contributed by atoms with van der Waals surface area (Å²) in [4.78, 5) is 41.4. The average Bonchev–Trinajstić information content (AvgIpc) is 3.03. The van der Waals surface area contributed by atoms with E-state index in [4.69, 9.17) is 4.74 Å². The van der Waals surface area contributed by atoms with Crippen molar-refractivity contribution >= 4 is 27.7 Å². The molecular formula is C27H49N3O6S. The molecule has 37 heavy (non-hydrogen) atoms. The molecule has 0 bridgehead atoms. The van der Waals surface area contributed by atoms with Crippen molar-refractivity contribution in [3.8, 4) is 0 Å². The zero-order chi connectivity index (χ0) is 28.9. The zero-order valence-corrected chi connectivity index (χ0v) is 25.6. The maximum atomic E-state index is 13.8. The summed E-state index contributed by atoms with van der Waals surface area (Å²) in [6.07, 6.45) is 0.443. The van der Waals surface area contributed by atoms with Crippen molar-refractivity contribution in [2.24, 2.45) is 28.6 Å². The number of sulfone groups is 1. The standard InChI is InChI=1S/C27H49N3O6S/c1-16(2)13-27(11,15-37(34,35)25(6,7)8)29-23(33)28-20(24(3,4)5)21(31)30-14-17-18(26(17,9)10)19(30)22(32)36-12/h16-20H,13-15H2,1-12H3,(H2,28,29,33)/t17-,18-,19-,20+,27-/m0/s1. The molecule has 0 aromatic heterocycles. The van der Waals surface area contributed by atoms with Crippen LogP contribution in [0.4, 0.5) is 4.79 Å². The fourth-order valence-electron chi connectivity index (χ4n) is 5.84. The summed E-state index contributed by atoms with van der Waals surface area (Å²) in [6.45, 7) is 20.8. The maximum absolute atomic E-state index is 13.8. The largest absolute Gasteiger partial charge is 0.467 e. The van der Waals surface area contributed by atoms with Crippen LogP contribution in [0.25, 0.3) is 0 Å². The first kappa shape index (κ1) is 31.4. The Kier molecular flexibility index (Phi) is 8.52. The second-order valence-corrected chi connectivity index (χ2v) is 17.1. The van der Waals surface area contributed by atoms with Crippen molar-refractivity contribution in [1.29, 1.82) is 0 Å². The molecule has 3 amide bonds. The van der Waals surface area contributed by atoms with Crippen LogP contribution in [0.15, 0.2) is 0 Å². The third kappa shape index (κ3) is 6.60. The van der Waals surface area contributed by atoms with Gasteiger partial charge in [0.15, 0.2) is 9.84 Å². The Morgan fingerprint density at radius 3 is 2.03 bits per heavy atom. The van der Waals surface area contributed by atoms with E-state index in [0.29, 0.717) is 13.0 Å². The maximum Gasteiger partial charge on any atom is 0.328 e. The Labute approximate surface area is 223 Å². The number of nitrogens with zero attached hydrogens (tertiary/aromatic N) is 1. The minimum Gasteiger partial charge on any atom is -0.467 e. The van der Waals surface area contributed by atoms with E-state index in [2.05, 4.69) is 24.5 Å². The molecule has 1 heterocycles. The summed E-state index contributed by atoms with van der Waals surface area (Å²) in [5, 5.41) is 5.71. The van der Waals surface area contributed by atoms with Crippen LogP contribution in [-0.4, -0.2) is 73.0 Å². The minimum atomic E-state index is -3.53. The van der Waals surface area contributed by atoms with Crippen molar-refractivity contribution in [3.63, 3.8) is 0 Å². The first-order valence-electron chi connectivity index (χ1n) is 13.2. The summed E-state index contributed by atoms with van der Waals surface area (Å²) >= 11 is 0. The van der Waals surface area contributed by atoms with Crippen LogP contribution in [0.1, 0.15) is 82.6 Å². The highest BCUT2D eigenvalue weighted by atomic mass is 32.2. The molecule has 0 unspecified atom stereocenters. The minimum absolute atomic E-state index is 0.0234. The van der Waals surface area contributed by atoms with Gasteiger partial charge < -0.3 is 20.3 Å². The van der Waals surface area contributed by atoms with E-state index in [1.807, 2.05) is 34.6 Å². The molecule has 10 heteroatoms. The van der Waals surface area contributed by atoms with Gasteiger partial charge in [0.25, 0.3) is 0 Å². The molecule has 0 aromatic carbocycles. The molecule has 0 aromatic rings. The third-order valence-electron chi connectivity index (χ3n) is 8.04. The number of piperidine rings is 1. The Hall–Kier alpha value is -1.84. The SMILES string of the molecule is COC(=O)[C@@H]1[C@@H]2[C@H](CN1C(=O)[C@@H](NC(=O)N[C@@](C)(CC(C)C)CS(=O)(=O)C(C)(C)C)C(C)(C)C)C2(C)C. The predicted octanol–water partition coefficient (Wildman–Crippen LogP) is 3.37. The van der Waals surface area contributed by atoms with Gasteiger partial charge in [-0.3, -0.25) is 4.79 Å². The summed E-state index contributed by atoms with van der Waals surface area (Å²) in [5.74, 6) is -0.657. The molecule has 2 fully saturated rings. The van der Waals surface area contributed by atoms with Gasteiger partial charge in [-0.25, -0.2) is 18.0 Å². The van der Waals surface area contributed by atoms with Crippen LogP contribution >= 0.6 is 0 Å². The highest BCUT2D eigenvalue weighted by molar-refractivity contribution is 7.92. The van der Waals surface area contributed by atoms with Gasteiger partial charge in [-0.15, -0.1) is 0 Å². The van der Waals surface area contributed by atoms with E-state index in [-0.39, 0.29) is 34.8 Å². The van der Waals surface area contributed by atoms with Crippen LogP contribution in [0.2, 0.25) is 0 Å². The molecule has 2 rings (SSSR count). The summed E-state index contributed by atoms with van der Waals surface area (Å²) in [5.41, 5.74) is -1.75. The number of hydrogen-bond acceptors (Lipinski definition) is 6. The second-order valence-electron chi connectivity index (χ2n) is 14.3. The molecule has 9 nitrogen and oxygen atoms in total. The van der Waals surface area contributed by atoms with Gasteiger partial charge in [-0.2, -0.15) is 0 Å². The average molecular weight is 544 g/mol. The van der Waals surface area contributed by atoms with Crippen molar-refractivity contribution in [2.75, 3.05) is 19.4 Å². The highest BCUT2D eigenvalue weighted by Gasteiger charge is 2.70. The van der Waals surface area contributed by atoms with Crippen LogP contribution in [0.5, 0.6) is 0 Å². The van der Waals surface area contributed by atoms with Crippen molar-refractivity contribution in [3.05, 3.63) is 0 Å². The van der Waals surface area contributed by atoms with Gasteiger partial charge in [0.2, 0.25) is 5.91 Å². The smallest absolute Gasteiger partial charge is 0.328 e. The molecule has 214 valence electrons. The van der Waals surface area contributed by atoms with Gasteiger partial charge >= 0.3 is 12.0 Å². The topological polar surface area (TPSA) is 122 Å². The first-order valence-corrected chi connectivity index (χ1v) is 14.8. The number of esters is 1. The van der Waals surface area contributed by atoms with E-state index in [0.717, 1.165) is 0 Å². The summed E-state index contributed by atoms with van der Waals surface area (Å²) in [7, 11) is -2.21. The molecule has 1 aliphatic carbocycles. The first-order chi connectivity index (χ1) is 16.5. The number of fused-ring (bicyclic) bond motifs is 1. The number of carbonyl (C=O) groups excluding carboxylic acids is 3. The zero-order valence-electron chi connectivity index (χ0n) is 24.8. The van der Waals surface area contributed by atoms with Gasteiger partial charge in [0.05, 0.1) is 23.1 Å². The Morgan fingerprint density at radius 1 is 1.05 bits per heavy atom. The molecular weight excluding hydrogens is 494 g/mol. The lowest BCUT2D eigenvalue weighted by Gasteiger charge is -2.39. The van der Waals surface area contributed by atoms with Crippen molar-refractivity contribution < 1.29 is 27.5 Å². The van der Waals surface area contributed by atoms with Gasteiger partial charge in [0, 0.05) is 12.5 Å². The molecule has 0 spiro atoms. The lowest BCUT2D eigenvalue weighted by atomic mass is 9.85. The molecule has 1 saturated carbocycles. The van der Waals surface area contributed by atoms with Gasteiger partial charge in [0.1, 0.15) is 12.1 Å². The molecule has 2 aliphatic rings. The van der Waals surface area contributed by atoms with Crippen LogP contribution in [0.3, 0.4) is 0 Å². The Balaban J connectivity index is 2.29. The van der Waals surface area contributed by atoms with Crippen LogP contribution in [0, 0.1) is 28.6 Å². The fraction of sp³-hybridized carbons (Fsp3) is 0.889. The van der Waals surface area contributed by atoms with Gasteiger partial charge in [-0.05, 0) is 56.8 Å². The Morgan fingerprint density at radius 2 is 1.59 bits per heavy atom. The lowest BCUT2D eigenvalue weighted by molar-refractivity contribution is -0.154.